The summed E-state index contributed by atoms with van der Waals surface area (Å²) in [6, 6.07) is 2.27. The van der Waals surface area contributed by atoms with E-state index in [1.807, 2.05) is 20.8 Å². The lowest BCUT2D eigenvalue weighted by molar-refractivity contribution is 0.282. The molecule has 0 spiro atoms. The Bertz CT molecular complexity index is 439. The molecule has 0 aromatic carbocycles. The van der Waals surface area contributed by atoms with Gasteiger partial charge in [-0.05, 0) is 31.7 Å². The van der Waals surface area contributed by atoms with Gasteiger partial charge in [0.2, 0.25) is 0 Å². The van der Waals surface area contributed by atoms with Gasteiger partial charge in [-0.3, -0.25) is 0 Å². The summed E-state index contributed by atoms with van der Waals surface area (Å²) in [5.74, 6) is 0.521. The first-order valence-corrected chi connectivity index (χ1v) is 6.33. The second-order valence-corrected chi connectivity index (χ2v) is 4.23. The Morgan fingerprint density at radius 3 is 2.56 bits per heavy atom. The van der Waals surface area contributed by atoms with Crippen LogP contribution in [0, 0.1) is 11.3 Å². The Balaban J connectivity index is 3.10. The van der Waals surface area contributed by atoms with Crippen molar-refractivity contribution in [1.82, 2.24) is 10.2 Å². The molecule has 0 bridgehead atoms. The summed E-state index contributed by atoms with van der Waals surface area (Å²) in [5, 5.41) is 29.6. The normalized spacial score (nSPS) is 11.9. The van der Waals surface area contributed by atoms with Crippen LogP contribution in [0.5, 0.6) is 0 Å². The van der Waals surface area contributed by atoms with Crippen molar-refractivity contribution in [3.8, 4) is 6.07 Å². The first kappa shape index (κ1) is 14.4. The fraction of sp³-hybridized carbons (Fsp3) is 0.615. The van der Waals surface area contributed by atoms with E-state index in [0.29, 0.717) is 17.8 Å². The highest BCUT2D eigenvalue weighted by Crippen LogP contribution is 2.20. The van der Waals surface area contributed by atoms with Crippen LogP contribution in [0.3, 0.4) is 0 Å². The first-order valence-electron chi connectivity index (χ1n) is 6.33. The molecule has 0 amide bonds. The number of nitrogens with zero attached hydrogens (tertiary/aromatic N) is 3. The molecule has 0 aliphatic heterocycles. The quantitative estimate of drug-likeness (QED) is 0.800. The van der Waals surface area contributed by atoms with Gasteiger partial charge in [0, 0.05) is 12.6 Å². The molecule has 0 saturated carbocycles. The summed E-state index contributed by atoms with van der Waals surface area (Å²) in [6.07, 6.45) is 2.16. The summed E-state index contributed by atoms with van der Waals surface area (Å²) in [4.78, 5) is 0. The maximum atomic E-state index is 9.29. The molecule has 1 unspecified atom stereocenters. The summed E-state index contributed by atoms with van der Waals surface area (Å²) in [5.41, 5.74) is 2.43. The van der Waals surface area contributed by atoms with E-state index in [0.717, 1.165) is 24.1 Å². The van der Waals surface area contributed by atoms with Crippen LogP contribution in [0.15, 0.2) is 0 Å². The number of rotatable bonds is 6. The van der Waals surface area contributed by atoms with Crippen LogP contribution in [-0.4, -0.2) is 28.0 Å². The summed E-state index contributed by atoms with van der Waals surface area (Å²) in [7, 11) is 0. The topological polar surface area (TPSA) is 81.8 Å². The van der Waals surface area contributed by atoms with E-state index in [-0.39, 0.29) is 12.6 Å². The lowest BCUT2D eigenvalue weighted by Crippen LogP contribution is -2.20. The van der Waals surface area contributed by atoms with Crippen LogP contribution in [0.1, 0.15) is 44.0 Å². The number of nitrogens with one attached hydrogen (secondary N) is 1. The van der Waals surface area contributed by atoms with Crippen molar-refractivity contribution >= 4 is 5.82 Å². The fourth-order valence-electron chi connectivity index (χ4n) is 1.89. The van der Waals surface area contributed by atoms with E-state index in [1.54, 1.807) is 0 Å². The number of aromatic nitrogens is 2. The first-order chi connectivity index (χ1) is 8.67. The van der Waals surface area contributed by atoms with E-state index in [2.05, 4.69) is 21.6 Å². The van der Waals surface area contributed by atoms with Gasteiger partial charge in [0.05, 0.1) is 5.69 Å². The number of aryl methyl sites for hydroxylation is 1. The molecule has 0 radical (unpaired) electrons. The van der Waals surface area contributed by atoms with E-state index >= 15 is 0 Å². The van der Waals surface area contributed by atoms with Crippen LogP contribution in [-0.2, 0) is 12.8 Å². The van der Waals surface area contributed by atoms with Crippen molar-refractivity contribution in [2.75, 3.05) is 11.9 Å². The van der Waals surface area contributed by atoms with Crippen molar-refractivity contribution < 1.29 is 5.11 Å². The van der Waals surface area contributed by atoms with Gasteiger partial charge in [-0.25, -0.2) is 0 Å². The molecule has 2 N–H and O–H groups in total. The monoisotopic (exact) mass is 248 g/mol. The zero-order chi connectivity index (χ0) is 13.5. The van der Waals surface area contributed by atoms with Gasteiger partial charge in [0.1, 0.15) is 11.6 Å². The Labute approximate surface area is 108 Å². The van der Waals surface area contributed by atoms with Crippen molar-refractivity contribution in [2.24, 2.45) is 0 Å². The van der Waals surface area contributed by atoms with Gasteiger partial charge in [0.25, 0.3) is 0 Å². The molecule has 1 aromatic heterocycles. The van der Waals surface area contributed by atoms with Crippen LogP contribution in [0.2, 0.25) is 0 Å². The lowest BCUT2D eigenvalue weighted by Gasteiger charge is -2.16. The smallest absolute Gasteiger partial charge is 0.167 e. The van der Waals surface area contributed by atoms with Gasteiger partial charge >= 0.3 is 0 Å². The molecule has 1 heterocycles. The maximum Gasteiger partial charge on any atom is 0.167 e. The Morgan fingerprint density at radius 1 is 1.33 bits per heavy atom. The zero-order valence-corrected chi connectivity index (χ0v) is 11.2. The molecule has 1 rings (SSSR count). The highest BCUT2D eigenvalue weighted by Gasteiger charge is 2.15. The third-order valence-electron chi connectivity index (χ3n) is 2.90. The number of aliphatic hydroxyl groups excluding tert-OH is 1. The molecule has 18 heavy (non-hydrogen) atoms. The maximum absolute atomic E-state index is 9.29. The molecular formula is C13H20N4O. The predicted molar refractivity (Wildman–Crippen MR) is 70.3 cm³/mol. The lowest BCUT2D eigenvalue weighted by atomic mass is 10.0. The van der Waals surface area contributed by atoms with Crippen molar-refractivity contribution in [3.05, 3.63) is 16.8 Å². The molecule has 0 fully saturated rings. The van der Waals surface area contributed by atoms with E-state index in [1.165, 1.54) is 0 Å². The van der Waals surface area contributed by atoms with Crippen LogP contribution < -0.4 is 5.32 Å². The largest absolute Gasteiger partial charge is 0.396 e. The number of aliphatic hydroxyl groups is 1. The van der Waals surface area contributed by atoms with Gasteiger partial charge in [-0.2, -0.15) is 10.4 Å². The minimum Gasteiger partial charge on any atom is -0.396 e. The molecule has 0 aliphatic carbocycles. The van der Waals surface area contributed by atoms with Crippen molar-refractivity contribution in [3.63, 3.8) is 0 Å². The Kier molecular flexibility index (Phi) is 5.53. The second kappa shape index (κ2) is 6.92. The minimum absolute atomic E-state index is 0.0635. The van der Waals surface area contributed by atoms with Crippen LogP contribution >= 0.6 is 0 Å². The molecule has 0 saturated heterocycles. The number of anilines is 1. The number of nitriles is 1. The second-order valence-electron chi connectivity index (χ2n) is 4.23. The standard InChI is InChI=1S/C13H20N4O/c1-4-10-11(8-14)13(15-9(3)6-7-18)17-16-12(10)5-2/h9,18H,4-7H2,1-3H3,(H,15,17). The third-order valence-corrected chi connectivity index (χ3v) is 2.90. The van der Waals surface area contributed by atoms with Crippen molar-refractivity contribution in [1.29, 1.82) is 5.26 Å². The third kappa shape index (κ3) is 3.17. The van der Waals surface area contributed by atoms with Crippen molar-refractivity contribution in [2.45, 2.75) is 46.1 Å². The van der Waals surface area contributed by atoms with Gasteiger partial charge in [-0.1, -0.05) is 13.8 Å². The predicted octanol–water partition coefficient (Wildman–Crippen LogP) is 1.66. The van der Waals surface area contributed by atoms with E-state index < -0.39 is 0 Å². The fourth-order valence-corrected chi connectivity index (χ4v) is 1.89. The van der Waals surface area contributed by atoms with Gasteiger partial charge in [0.15, 0.2) is 5.82 Å². The van der Waals surface area contributed by atoms with Crippen LogP contribution in [0.25, 0.3) is 0 Å². The summed E-state index contributed by atoms with van der Waals surface area (Å²) in [6.45, 7) is 6.07. The zero-order valence-electron chi connectivity index (χ0n) is 11.2. The molecule has 0 aliphatic rings. The number of hydrogen-bond donors (Lipinski definition) is 2. The molecule has 98 valence electrons. The van der Waals surface area contributed by atoms with E-state index in [4.69, 9.17) is 5.11 Å². The SMILES string of the molecule is CCc1nnc(NC(C)CCO)c(C#N)c1CC. The Hall–Kier alpha value is -1.67. The summed E-state index contributed by atoms with van der Waals surface area (Å²) < 4.78 is 0. The molecule has 5 heteroatoms. The molecule has 1 aromatic rings. The molecular weight excluding hydrogens is 228 g/mol. The molecule has 1 atom stereocenters. The average Bonchev–Trinajstić information content (AvgIpc) is 2.38. The molecule has 5 nitrogen and oxygen atoms in total. The highest BCUT2D eigenvalue weighted by molar-refractivity contribution is 5.56. The average molecular weight is 248 g/mol. The van der Waals surface area contributed by atoms with Crippen LogP contribution in [0.4, 0.5) is 5.82 Å². The van der Waals surface area contributed by atoms with Gasteiger partial charge in [-0.15, -0.1) is 5.10 Å². The van der Waals surface area contributed by atoms with E-state index in [9.17, 15) is 5.26 Å². The highest BCUT2D eigenvalue weighted by atomic mass is 16.3. The number of hydrogen-bond acceptors (Lipinski definition) is 5. The Morgan fingerprint density at radius 2 is 2.06 bits per heavy atom. The van der Waals surface area contributed by atoms with Gasteiger partial charge < -0.3 is 10.4 Å². The summed E-state index contributed by atoms with van der Waals surface area (Å²) >= 11 is 0. The minimum atomic E-state index is 0.0635.